The van der Waals surface area contributed by atoms with Crippen molar-refractivity contribution >= 4 is 77.8 Å². The zero-order valence-corrected chi connectivity index (χ0v) is 35.1. The van der Waals surface area contributed by atoms with Crippen molar-refractivity contribution in [3.8, 4) is 11.4 Å². The molecule has 0 radical (unpaired) electrons. The first kappa shape index (κ1) is 35.8. The highest BCUT2D eigenvalue weighted by Crippen LogP contribution is 2.56. The fourth-order valence-corrected chi connectivity index (χ4v) is 10.9. The molecule has 2 aromatic heterocycles. The lowest BCUT2D eigenvalue weighted by atomic mass is 9.68. The Hall–Kier alpha value is -7.89. The van der Waals surface area contributed by atoms with Gasteiger partial charge in [0, 0.05) is 60.8 Å². The summed E-state index contributed by atoms with van der Waals surface area (Å²) in [4.78, 5) is 19.1. The Morgan fingerprint density at radius 3 is 1.43 bits per heavy atom. The van der Waals surface area contributed by atoms with E-state index in [9.17, 15) is 4.79 Å². The number of allylic oxidation sites excluding steroid dienone is 3. The molecular formula is C58H42N4O. The summed E-state index contributed by atoms with van der Waals surface area (Å²) >= 11 is 0. The van der Waals surface area contributed by atoms with E-state index in [4.69, 9.17) is 0 Å². The number of aromatic nitrogens is 2. The molecule has 8 aromatic carbocycles. The van der Waals surface area contributed by atoms with Gasteiger partial charge in [0.2, 0.25) is 0 Å². The van der Waals surface area contributed by atoms with Gasteiger partial charge in [0.15, 0.2) is 5.78 Å². The molecule has 0 unspecified atom stereocenters. The molecule has 13 rings (SSSR count). The Morgan fingerprint density at radius 2 is 0.905 bits per heavy atom. The van der Waals surface area contributed by atoms with E-state index in [2.05, 4.69) is 215 Å². The summed E-state index contributed by atoms with van der Waals surface area (Å²) in [5, 5.41) is 4.91. The predicted octanol–water partition coefficient (Wildman–Crippen LogP) is 14.9. The van der Waals surface area contributed by atoms with Crippen LogP contribution in [0.15, 0.2) is 200 Å². The minimum atomic E-state index is -0.406. The zero-order chi connectivity index (χ0) is 42.0. The molecule has 3 aliphatic rings. The molecule has 5 nitrogen and oxygen atoms in total. The first-order valence-corrected chi connectivity index (χ1v) is 22.0. The van der Waals surface area contributed by atoms with Gasteiger partial charge in [0.1, 0.15) is 0 Å². The summed E-state index contributed by atoms with van der Waals surface area (Å²) in [5.41, 5.74) is 16.5. The maximum absolute atomic E-state index is 14.2. The summed E-state index contributed by atoms with van der Waals surface area (Å²) in [7, 11) is 0. The van der Waals surface area contributed by atoms with Crippen LogP contribution in [0.25, 0.3) is 55.0 Å². The smallest absolute Gasteiger partial charge is 0.193 e. The Balaban J connectivity index is 1.11. The molecule has 0 saturated carbocycles. The molecule has 300 valence electrons. The van der Waals surface area contributed by atoms with E-state index in [0.29, 0.717) is 0 Å². The molecule has 0 saturated heterocycles. The monoisotopic (exact) mass is 810 g/mol. The number of para-hydroxylation sites is 4. The molecule has 63 heavy (non-hydrogen) atoms. The van der Waals surface area contributed by atoms with Crippen LogP contribution in [0.5, 0.6) is 0 Å². The minimum Gasteiger partial charge on any atom is -0.309 e. The molecule has 0 spiro atoms. The van der Waals surface area contributed by atoms with Crippen LogP contribution < -0.4 is 9.80 Å². The second-order valence-electron chi connectivity index (χ2n) is 17.6. The number of hydrogen-bond acceptors (Lipinski definition) is 3. The first-order valence-electron chi connectivity index (χ1n) is 22.0. The second-order valence-corrected chi connectivity index (χ2v) is 17.6. The van der Waals surface area contributed by atoms with Gasteiger partial charge in [0.25, 0.3) is 0 Å². The van der Waals surface area contributed by atoms with Crippen molar-refractivity contribution in [2.24, 2.45) is 0 Å². The molecule has 0 amide bonds. The number of fused-ring (bicyclic) bond motifs is 10. The third-order valence-corrected chi connectivity index (χ3v) is 13.8. The van der Waals surface area contributed by atoms with Gasteiger partial charge in [-0.1, -0.05) is 123 Å². The largest absolute Gasteiger partial charge is 0.309 e. The predicted molar refractivity (Wildman–Crippen MR) is 260 cm³/mol. The summed E-state index contributed by atoms with van der Waals surface area (Å²) in [6.07, 6.45) is 8.94. The topological polar surface area (TPSA) is 33.4 Å². The van der Waals surface area contributed by atoms with Crippen molar-refractivity contribution in [2.75, 3.05) is 9.80 Å². The summed E-state index contributed by atoms with van der Waals surface area (Å²) < 4.78 is 4.81. The van der Waals surface area contributed by atoms with Crippen LogP contribution in [0.3, 0.4) is 0 Å². The molecule has 3 heterocycles. The summed E-state index contributed by atoms with van der Waals surface area (Å²) in [5.74, 6) is 0.0791. The molecular weight excluding hydrogens is 769 g/mol. The molecule has 1 aliphatic heterocycles. The highest BCUT2D eigenvalue weighted by atomic mass is 16.1. The highest BCUT2D eigenvalue weighted by molar-refractivity contribution is 6.14. The Morgan fingerprint density at radius 1 is 0.429 bits per heavy atom. The normalized spacial score (nSPS) is 15.1. The van der Waals surface area contributed by atoms with E-state index >= 15 is 0 Å². The minimum absolute atomic E-state index is 0.0791. The number of carbonyl (C=O) groups excluding carboxylic acids is 1. The molecule has 0 atom stereocenters. The van der Waals surface area contributed by atoms with Crippen LogP contribution in [-0.4, -0.2) is 14.9 Å². The number of anilines is 5. The molecule has 5 heteroatoms. The number of benzene rings is 8. The Kier molecular flexibility index (Phi) is 7.57. The van der Waals surface area contributed by atoms with Crippen molar-refractivity contribution in [2.45, 2.75) is 32.1 Å². The van der Waals surface area contributed by atoms with Crippen molar-refractivity contribution in [1.29, 1.82) is 0 Å². The van der Waals surface area contributed by atoms with E-state index < -0.39 is 5.41 Å². The first-order chi connectivity index (χ1) is 31.0. The standard InChI is InChI=1S/C58H42N4O/c1-58(2)47-23-11-6-22-45(47)57(63)46-31-28-38(34-48(46)58)62-55-35-39(60-49-24-12-7-18-41(49)42-19-8-13-25-50(42)60)29-32-53(55)59(37-16-4-3-5-17-37)54-33-30-40(36-56(54)62)61-51-26-14-9-20-43(51)44-21-10-15-27-52(44)61/h4,6-36H,3,5H2,1-2H3. The van der Waals surface area contributed by atoms with Crippen LogP contribution in [0.2, 0.25) is 0 Å². The average Bonchev–Trinajstić information content (AvgIpc) is 3.85. The van der Waals surface area contributed by atoms with E-state index in [1.165, 1.54) is 21.5 Å². The third kappa shape index (κ3) is 5.08. The molecule has 0 N–H and O–H groups in total. The van der Waals surface area contributed by atoms with Crippen molar-refractivity contribution in [1.82, 2.24) is 9.13 Å². The quantitative estimate of drug-likeness (QED) is 0.178. The maximum Gasteiger partial charge on any atom is 0.193 e. The van der Waals surface area contributed by atoms with E-state index in [-0.39, 0.29) is 5.78 Å². The molecule has 0 bridgehead atoms. The zero-order valence-electron chi connectivity index (χ0n) is 35.1. The lowest BCUT2D eigenvalue weighted by Crippen LogP contribution is -2.31. The average molecular weight is 811 g/mol. The van der Waals surface area contributed by atoms with Gasteiger partial charge < -0.3 is 18.9 Å². The summed E-state index contributed by atoms with van der Waals surface area (Å²) in [6, 6.07) is 63.4. The number of ketones is 1. The van der Waals surface area contributed by atoms with Crippen LogP contribution in [0.1, 0.15) is 53.7 Å². The van der Waals surface area contributed by atoms with Crippen molar-refractivity contribution in [3.05, 3.63) is 222 Å². The van der Waals surface area contributed by atoms with Gasteiger partial charge in [-0.3, -0.25) is 4.79 Å². The van der Waals surface area contributed by atoms with Gasteiger partial charge in [-0.15, -0.1) is 0 Å². The number of carbonyl (C=O) groups is 1. The third-order valence-electron chi connectivity index (χ3n) is 13.8. The molecule has 2 aliphatic carbocycles. The van der Waals surface area contributed by atoms with Crippen LogP contribution in [0, 0.1) is 0 Å². The Labute approximate surface area is 365 Å². The fraction of sp³-hybridized carbons (Fsp3) is 0.0862. The van der Waals surface area contributed by atoms with Crippen LogP contribution in [-0.2, 0) is 5.41 Å². The van der Waals surface area contributed by atoms with E-state index in [1.807, 2.05) is 12.1 Å². The lowest BCUT2D eigenvalue weighted by Gasteiger charge is -2.42. The SMILES string of the molecule is CC1(C)c2ccccc2C(=O)c2ccc(N3c4cc(-n5c6ccccc6c6ccccc65)ccc4N(C4=CCCC=C4)c4ccc(-n5c6ccccc6c6ccccc65)cc43)cc21. The van der Waals surface area contributed by atoms with Crippen molar-refractivity contribution < 1.29 is 4.79 Å². The van der Waals surface area contributed by atoms with Gasteiger partial charge in [-0.25, -0.2) is 0 Å². The fourth-order valence-electron chi connectivity index (χ4n) is 10.9. The van der Waals surface area contributed by atoms with Gasteiger partial charge in [0.05, 0.1) is 44.8 Å². The highest BCUT2D eigenvalue weighted by Gasteiger charge is 2.39. The van der Waals surface area contributed by atoms with Crippen LogP contribution >= 0.6 is 0 Å². The lowest BCUT2D eigenvalue weighted by molar-refractivity contribution is 0.103. The summed E-state index contributed by atoms with van der Waals surface area (Å²) in [6.45, 7) is 4.51. The van der Waals surface area contributed by atoms with E-state index in [1.54, 1.807) is 0 Å². The van der Waals surface area contributed by atoms with E-state index in [0.717, 1.165) is 103 Å². The van der Waals surface area contributed by atoms with Gasteiger partial charge in [-0.2, -0.15) is 0 Å². The van der Waals surface area contributed by atoms with Gasteiger partial charge in [-0.05, 0) is 109 Å². The molecule has 10 aromatic rings. The molecule has 0 fully saturated rings. The second kappa shape index (κ2) is 13.3. The van der Waals surface area contributed by atoms with Crippen molar-refractivity contribution in [3.63, 3.8) is 0 Å². The van der Waals surface area contributed by atoms with Crippen LogP contribution in [0.4, 0.5) is 28.4 Å². The number of rotatable bonds is 4. The maximum atomic E-state index is 14.2. The Bertz CT molecular complexity index is 3380. The number of nitrogens with zero attached hydrogens (tertiary/aromatic N) is 4. The van der Waals surface area contributed by atoms with Gasteiger partial charge >= 0.3 is 0 Å². The number of hydrogen-bond donors (Lipinski definition) is 0.